The molecule has 2 aromatic rings. The number of epoxide rings is 5. The van der Waals surface area contributed by atoms with Crippen LogP contribution in [0.5, 0.6) is 5.75 Å². The third-order valence-corrected chi connectivity index (χ3v) is 6.47. The minimum atomic E-state index is 0.296. The molecule has 35 heavy (non-hydrogen) atoms. The highest BCUT2D eigenvalue weighted by atomic mass is 16.6. The maximum absolute atomic E-state index is 5.66. The molecule has 5 fully saturated rings. The summed E-state index contributed by atoms with van der Waals surface area (Å²) >= 11 is 0. The molecule has 7 rings (SSSR count). The fourth-order valence-electron chi connectivity index (χ4n) is 3.99. The Hall–Kier alpha value is -2.36. The van der Waals surface area contributed by atoms with Crippen molar-refractivity contribution in [2.45, 2.75) is 30.5 Å². The fourth-order valence-corrected chi connectivity index (χ4v) is 3.99. The molecule has 8 nitrogen and oxygen atoms in total. The van der Waals surface area contributed by atoms with Crippen molar-refractivity contribution in [1.82, 2.24) is 0 Å². The predicted octanol–water partition coefficient (Wildman–Crippen LogP) is 2.36. The lowest BCUT2D eigenvalue weighted by atomic mass is 10.2. The average Bonchev–Trinajstić information content (AvgIpc) is 3.72. The minimum Gasteiger partial charge on any atom is -0.491 e. The summed E-state index contributed by atoms with van der Waals surface area (Å²) in [6.07, 6.45) is 1.94. The smallest absolute Gasteiger partial charge is 0.119 e. The van der Waals surface area contributed by atoms with Gasteiger partial charge < -0.3 is 38.2 Å². The standard InChI is InChI=1S/C15H19NO4.C12H15NO2/c1-3-12(17-9-15-10-20-15)4-2-11(1)16(5-13-7-18-13)6-14-8-19-14;1-2-4-10(5-3-1)13(6-11-8-14-11)7-12-9-15-12/h1-4,13-15H,5-10H2;1-5,11-12H,6-9H2. The molecule has 0 radical (unpaired) electrons. The van der Waals surface area contributed by atoms with E-state index < -0.39 is 0 Å². The Morgan fingerprint density at radius 1 is 0.543 bits per heavy atom. The average molecular weight is 483 g/mol. The molecule has 0 aromatic heterocycles. The van der Waals surface area contributed by atoms with Gasteiger partial charge in [0.1, 0.15) is 18.5 Å². The molecule has 0 saturated carbocycles. The van der Waals surface area contributed by atoms with Crippen molar-refractivity contribution in [3.63, 3.8) is 0 Å². The minimum absolute atomic E-state index is 0.296. The van der Waals surface area contributed by atoms with Crippen molar-refractivity contribution in [2.75, 3.05) is 75.6 Å². The Kier molecular flexibility index (Phi) is 7.06. The lowest BCUT2D eigenvalue weighted by Gasteiger charge is -2.23. The molecular weight excluding hydrogens is 448 g/mol. The van der Waals surface area contributed by atoms with Crippen LogP contribution in [0.1, 0.15) is 0 Å². The summed E-state index contributed by atoms with van der Waals surface area (Å²) in [5, 5.41) is 0. The van der Waals surface area contributed by atoms with Crippen LogP contribution < -0.4 is 14.5 Å². The highest BCUT2D eigenvalue weighted by Gasteiger charge is 2.32. The topological polar surface area (TPSA) is 78.4 Å². The van der Waals surface area contributed by atoms with Gasteiger partial charge in [-0.3, -0.25) is 0 Å². The van der Waals surface area contributed by atoms with E-state index in [-0.39, 0.29) is 0 Å². The second kappa shape index (κ2) is 10.7. The fraction of sp³-hybridized carbons (Fsp3) is 0.556. The summed E-state index contributed by atoms with van der Waals surface area (Å²) < 4.78 is 32.0. The molecule has 5 aliphatic heterocycles. The van der Waals surface area contributed by atoms with E-state index in [1.165, 1.54) is 11.4 Å². The largest absolute Gasteiger partial charge is 0.491 e. The lowest BCUT2D eigenvalue weighted by Crippen LogP contribution is -2.31. The zero-order chi connectivity index (χ0) is 23.5. The van der Waals surface area contributed by atoms with E-state index in [9.17, 15) is 0 Å². The lowest BCUT2D eigenvalue weighted by molar-refractivity contribution is 0.263. The van der Waals surface area contributed by atoms with Gasteiger partial charge in [-0.2, -0.15) is 0 Å². The van der Waals surface area contributed by atoms with Gasteiger partial charge in [-0.15, -0.1) is 0 Å². The molecule has 0 spiro atoms. The molecule has 2 aromatic carbocycles. The maximum Gasteiger partial charge on any atom is 0.119 e. The van der Waals surface area contributed by atoms with Crippen LogP contribution in [0.15, 0.2) is 54.6 Å². The number of ether oxygens (including phenoxy) is 6. The molecule has 188 valence electrons. The van der Waals surface area contributed by atoms with Crippen molar-refractivity contribution >= 4 is 11.4 Å². The summed E-state index contributed by atoms with van der Waals surface area (Å²) in [5.74, 6) is 0.898. The van der Waals surface area contributed by atoms with E-state index in [2.05, 4.69) is 46.2 Å². The van der Waals surface area contributed by atoms with Gasteiger partial charge in [0, 0.05) is 37.6 Å². The Morgan fingerprint density at radius 2 is 0.943 bits per heavy atom. The second-order valence-electron chi connectivity index (χ2n) is 9.73. The van der Waals surface area contributed by atoms with Gasteiger partial charge in [0.2, 0.25) is 0 Å². The first-order chi connectivity index (χ1) is 17.3. The molecule has 5 aliphatic rings. The van der Waals surface area contributed by atoms with Gasteiger partial charge in [0.05, 0.1) is 57.5 Å². The normalized spacial score (nSPS) is 28.9. The molecule has 8 heteroatoms. The number of rotatable bonds is 13. The quantitative estimate of drug-likeness (QED) is 0.403. The van der Waals surface area contributed by atoms with Gasteiger partial charge in [-0.05, 0) is 36.4 Å². The Labute approximate surface area is 206 Å². The highest BCUT2D eigenvalue weighted by molar-refractivity contribution is 5.50. The number of anilines is 2. The van der Waals surface area contributed by atoms with Crippen molar-refractivity contribution in [1.29, 1.82) is 0 Å². The molecule has 5 atom stereocenters. The zero-order valence-electron chi connectivity index (χ0n) is 20.0. The summed E-state index contributed by atoms with van der Waals surface area (Å²) in [5.41, 5.74) is 2.47. The number of hydrogen-bond acceptors (Lipinski definition) is 8. The number of benzene rings is 2. The molecule has 5 saturated heterocycles. The van der Waals surface area contributed by atoms with E-state index in [4.69, 9.17) is 28.4 Å². The van der Waals surface area contributed by atoms with Crippen molar-refractivity contribution in [2.24, 2.45) is 0 Å². The van der Waals surface area contributed by atoms with Crippen LogP contribution in [0.3, 0.4) is 0 Å². The Morgan fingerprint density at radius 3 is 1.34 bits per heavy atom. The van der Waals surface area contributed by atoms with Crippen LogP contribution in [0, 0.1) is 0 Å². The molecule has 0 aliphatic carbocycles. The first-order valence-corrected chi connectivity index (χ1v) is 12.6. The van der Waals surface area contributed by atoms with Crippen LogP contribution in [0.2, 0.25) is 0 Å². The molecular formula is C27H34N2O6. The first-order valence-electron chi connectivity index (χ1n) is 12.6. The van der Waals surface area contributed by atoms with E-state index in [0.717, 1.165) is 65.0 Å². The van der Waals surface area contributed by atoms with Gasteiger partial charge >= 0.3 is 0 Å². The molecule has 0 amide bonds. The molecule has 5 unspecified atom stereocenters. The monoisotopic (exact) mass is 482 g/mol. The Balaban J connectivity index is 0.000000136. The van der Waals surface area contributed by atoms with Gasteiger partial charge in [0.15, 0.2) is 0 Å². The van der Waals surface area contributed by atoms with Crippen LogP contribution in [0.25, 0.3) is 0 Å². The van der Waals surface area contributed by atoms with Crippen molar-refractivity contribution < 1.29 is 28.4 Å². The first kappa shape index (κ1) is 23.1. The highest BCUT2D eigenvalue weighted by Crippen LogP contribution is 2.25. The predicted molar refractivity (Wildman–Crippen MR) is 132 cm³/mol. The molecule has 5 heterocycles. The maximum atomic E-state index is 5.66. The zero-order valence-corrected chi connectivity index (χ0v) is 20.0. The van der Waals surface area contributed by atoms with E-state index in [0.29, 0.717) is 37.1 Å². The molecule has 0 bridgehead atoms. The van der Waals surface area contributed by atoms with Crippen LogP contribution in [-0.4, -0.2) is 96.3 Å². The van der Waals surface area contributed by atoms with Gasteiger partial charge in [-0.25, -0.2) is 0 Å². The Bertz CT molecular complexity index is 896. The van der Waals surface area contributed by atoms with Crippen LogP contribution in [-0.2, 0) is 23.7 Å². The third kappa shape index (κ3) is 7.81. The second-order valence-corrected chi connectivity index (χ2v) is 9.73. The third-order valence-electron chi connectivity index (χ3n) is 6.47. The van der Waals surface area contributed by atoms with E-state index >= 15 is 0 Å². The van der Waals surface area contributed by atoms with E-state index in [1.54, 1.807) is 0 Å². The number of nitrogens with zero attached hydrogens (tertiary/aromatic N) is 2. The van der Waals surface area contributed by atoms with Crippen molar-refractivity contribution in [3.05, 3.63) is 54.6 Å². The van der Waals surface area contributed by atoms with Gasteiger partial charge in [-0.1, -0.05) is 18.2 Å². The van der Waals surface area contributed by atoms with E-state index in [1.807, 2.05) is 18.2 Å². The molecule has 0 N–H and O–H groups in total. The summed E-state index contributed by atoms with van der Waals surface area (Å²) in [7, 11) is 0. The SMILES string of the molecule is c1cc(N(CC2CO2)CC2CO2)ccc1OCC1CO1.c1ccc(N(CC2CO2)CC2CO2)cc1. The van der Waals surface area contributed by atoms with Crippen molar-refractivity contribution in [3.8, 4) is 5.75 Å². The van der Waals surface area contributed by atoms with Crippen LogP contribution in [0.4, 0.5) is 11.4 Å². The summed E-state index contributed by atoms with van der Waals surface area (Å²) in [6.45, 7) is 8.92. The van der Waals surface area contributed by atoms with Gasteiger partial charge in [0.25, 0.3) is 0 Å². The summed E-state index contributed by atoms with van der Waals surface area (Å²) in [4.78, 5) is 4.69. The summed E-state index contributed by atoms with van der Waals surface area (Å²) in [6, 6.07) is 18.7. The number of hydrogen-bond donors (Lipinski definition) is 0. The number of para-hydroxylation sites is 1. The van der Waals surface area contributed by atoms with Crippen LogP contribution >= 0.6 is 0 Å².